The minimum absolute atomic E-state index is 0.0912. The highest BCUT2D eigenvalue weighted by molar-refractivity contribution is 8.03. The van der Waals surface area contributed by atoms with Crippen molar-refractivity contribution in [3.8, 4) is 0 Å². The van der Waals surface area contributed by atoms with Crippen molar-refractivity contribution in [1.82, 2.24) is 4.72 Å². The monoisotopic (exact) mass is 344 g/mol. The van der Waals surface area contributed by atoms with Crippen molar-refractivity contribution in [2.75, 3.05) is 0 Å². The summed E-state index contributed by atoms with van der Waals surface area (Å²) in [5.74, 6) is -0.369. The molecular weight excluding hydrogens is 331 g/mol. The predicted octanol–water partition coefficient (Wildman–Crippen LogP) is 2.93. The van der Waals surface area contributed by atoms with Crippen LogP contribution < -0.4 is 10.5 Å². The smallest absolute Gasteiger partial charge is 0.256 e. The van der Waals surface area contributed by atoms with Gasteiger partial charge < -0.3 is 5.73 Å². The van der Waals surface area contributed by atoms with E-state index in [4.69, 9.17) is 40.5 Å². The van der Waals surface area contributed by atoms with E-state index in [2.05, 4.69) is 4.72 Å². The molecule has 2 amide bonds. The van der Waals surface area contributed by atoms with Crippen molar-refractivity contribution in [2.45, 2.75) is 28.8 Å². The summed E-state index contributed by atoms with van der Waals surface area (Å²) in [6, 6.07) is 0. The molecule has 0 aromatic rings. The molecular formula is C11H15Cl3N2O2S. The number of nitrogens with one attached hydrogen (secondary N) is 1. The maximum atomic E-state index is 11.7. The van der Waals surface area contributed by atoms with Crippen LogP contribution in [-0.2, 0) is 9.59 Å². The highest BCUT2D eigenvalue weighted by Gasteiger charge is 2.27. The molecule has 0 aromatic carbocycles. The molecule has 3 N–H and O–H groups in total. The summed E-state index contributed by atoms with van der Waals surface area (Å²) in [5.41, 5.74) is 5.21. The summed E-state index contributed by atoms with van der Waals surface area (Å²) < 4.78 is 0.911. The Labute approximate surface area is 131 Å². The number of nitrogens with two attached hydrogens (primary N) is 1. The SMILES string of the molecule is NC(=O)CC1CC=CCC1CC(=O)NSC(Cl)(Cl)Cl. The topological polar surface area (TPSA) is 72.2 Å². The second-order valence-corrected chi connectivity index (χ2v) is 8.38. The third-order valence-electron chi connectivity index (χ3n) is 2.90. The number of amides is 2. The van der Waals surface area contributed by atoms with Gasteiger partial charge in [-0.2, -0.15) is 0 Å². The first-order chi connectivity index (χ1) is 8.78. The molecule has 19 heavy (non-hydrogen) atoms. The molecule has 0 aliphatic heterocycles. The summed E-state index contributed by atoms with van der Waals surface area (Å²) in [4.78, 5) is 22.7. The van der Waals surface area contributed by atoms with Gasteiger partial charge in [-0.3, -0.25) is 14.3 Å². The van der Waals surface area contributed by atoms with Gasteiger partial charge in [0.2, 0.25) is 11.8 Å². The minimum Gasteiger partial charge on any atom is -0.370 e. The van der Waals surface area contributed by atoms with Gasteiger partial charge in [0.05, 0.1) is 0 Å². The van der Waals surface area contributed by atoms with Crippen LogP contribution in [0.25, 0.3) is 0 Å². The fraction of sp³-hybridized carbons (Fsp3) is 0.636. The van der Waals surface area contributed by atoms with Crippen LogP contribution in [0.15, 0.2) is 12.2 Å². The maximum Gasteiger partial charge on any atom is 0.256 e. The van der Waals surface area contributed by atoms with Gasteiger partial charge in [0.1, 0.15) is 0 Å². The van der Waals surface area contributed by atoms with Crippen molar-refractivity contribution in [2.24, 2.45) is 17.6 Å². The molecule has 0 heterocycles. The summed E-state index contributed by atoms with van der Waals surface area (Å²) in [6.45, 7) is 0. The highest BCUT2D eigenvalue weighted by atomic mass is 35.6. The van der Waals surface area contributed by atoms with Crippen LogP contribution in [0.3, 0.4) is 0 Å². The second-order valence-electron chi connectivity index (χ2n) is 4.41. The molecule has 0 radical (unpaired) electrons. The van der Waals surface area contributed by atoms with Gasteiger partial charge in [0.15, 0.2) is 0 Å². The molecule has 0 spiro atoms. The van der Waals surface area contributed by atoms with Crippen molar-refractivity contribution >= 4 is 58.6 Å². The van der Waals surface area contributed by atoms with Crippen molar-refractivity contribution in [3.63, 3.8) is 0 Å². The summed E-state index contributed by atoms with van der Waals surface area (Å²) >= 11 is 17.3. The lowest BCUT2D eigenvalue weighted by Gasteiger charge is -2.27. The average molecular weight is 346 g/mol. The number of rotatable bonds is 5. The van der Waals surface area contributed by atoms with Gasteiger partial charge in [0, 0.05) is 24.8 Å². The van der Waals surface area contributed by atoms with E-state index < -0.39 is 3.12 Å². The van der Waals surface area contributed by atoms with E-state index in [1.54, 1.807) is 0 Å². The third-order valence-corrected chi connectivity index (χ3v) is 4.16. The Hall–Kier alpha value is -0.100. The predicted molar refractivity (Wildman–Crippen MR) is 79.8 cm³/mol. The molecule has 2 unspecified atom stereocenters. The van der Waals surface area contributed by atoms with Crippen LogP contribution in [0.5, 0.6) is 0 Å². The Morgan fingerprint density at radius 3 is 2.21 bits per heavy atom. The van der Waals surface area contributed by atoms with Crippen LogP contribution in [0.2, 0.25) is 0 Å². The molecule has 1 aliphatic carbocycles. The zero-order valence-corrected chi connectivity index (χ0v) is 13.2. The van der Waals surface area contributed by atoms with E-state index in [0.717, 1.165) is 24.8 Å². The standard InChI is InChI=1S/C11H15Cl3N2O2S/c12-11(13,14)19-16-10(18)6-8-4-2-1-3-7(8)5-9(15)17/h1-2,7-8H,3-6H2,(H2,15,17)(H,16,18). The van der Waals surface area contributed by atoms with Gasteiger partial charge in [-0.05, 0) is 24.7 Å². The zero-order chi connectivity index (χ0) is 14.5. The van der Waals surface area contributed by atoms with E-state index >= 15 is 0 Å². The molecule has 1 aliphatic rings. The fourth-order valence-electron chi connectivity index (χ4n) is 2.08. The van der Waals surface area contributed by atoms with Crippen molar-refractivity contribution < 1.29 is 9.59 Å². The quantitative estimate of drug-likeness (QED) is 0.457. The number of primary amides is 1. The Morgan fingerprint density at radius 2 is 1.74 bits per heavy atom. The van der Waals surface area contributed by atoms with Gasteiger partial charge in [0.25, 0.3) is 3.12 Å². The molecule has 2 atom stereocenters. The average Bonchev–Trinajstić information content (AvgIpc) is 2.27. The number of hydrogen-bond acceptors (Lipinski definition) is 3. The maximum absolute atomic E-state index is 11.7. The molecule has 0 bridgehead atoms. The van der Waals surface area contributed by atoms with E-state index in [-0.39, 0.29) is 30.1 Å². The lowest BCUT2D eigenvalue weighted by atomic mass is 9.79. The van der Waals surface area contributed by atoms with E-state index in [1.165, 1.54) is 0 Å². The first-order valence-electron chi connectivity index (χ1n) is 5.75. The van der Waals surface area contributed by atoms with Crippen LogP contribution in [-0.4, -0.2) is 14.9 Å². The summed E-state index contributed by atoms with van der Waals surface area (Å²) in [5, 5.41) is 0. The molecule has 8 heteroatoms. The molecule has 0 aromatic heterocycles. The Morgan fingerprint density at radius 1 is 1.21 bits per heavy atom. The number of hydrogen-bond donors (Lipinski definition) is 2. The Kier molecular flexibility index (Phi) is 6.80. The van der Waals surface area contributed by atoms with Crippen LogP contribution >= 0.6 is 46.8 Å². The van der Waals surface area contributed by atoms with Gasteiger partial charge in [-0.25, -0.2) is 0 Å². The first kappa shape index (κ1) is 17.0. The van der Waals surface area contributed by atoms with Crippen LogP contribution in [0.1, 0.15) is 25.7 Å². The lowest BCUT2D eigenvalue weighted by Crippen LogP contribution is -2.29. The first-order valence-corrected chi connectivity index (χ1v) is 7.70. The highest BCUT2D eigenvalue weighted by Crippen LogP contribution is 2.37. The number of carbonyl (C=O) groups is 2. The molecule has 108 valence electrons. The Balaban J connectivity index is 2.46. The van der Waals surface area contributed by atoms with E-state index in [9.17, 15) is 9.59 Å². The Bertz CT molecular complexity index is 371. The largest absolute Gasteiger partial charge is 0.370 e. The normalized spacial score (nSPS) is 23.1. The van der Waals surface area contributed by atoms with Crippen LogP contribution in [0.4, 0.5) is 0 Å². The van der Waals surface area contributed by atoms with Gasteiger partial charge in [-0.15, -0.1) is 0 Å². The van der Waals surface area contributed by atoms with Gasteiger partial charge in [-0.1, -0.05) is 47.0 Å². The zero-order valence-electron chi connectivity index (χ0n) is 10.1. The third kappa shape index (κ3) is 7.30. The molecule has 0 fully saturated rings. The van der Waals surface area contributed by atoms with E-state index in [0.29, 0.717) is 6.42 Å². The number of allylic oxidation sites excluding steroid dienone is 2. The second kappa shape index (κ2) is 7.62. The number of alkyl halides is 3. The van der Waals surface area contributed by atoms with Crippen molar-refractivity contribution in [3.05, 3.63) is 12.2 Å². The molecule has 0 saturated carbocycles. The molecule has 1 rings (SSSR count). The van der Waals surface area contributed by atoms with Crippen molar-refractivity contribution in [1.29, 1.82) is 0 Å². The molecule has 4 nitrogen and oxygen atoms in total. The summed E-state index contributed by atoms with van der Waals surface area (Å²) in [7, 11) is 0. The van der Waals surface area contributed by atoms with E-state index in [1.807, 2.05) is 12.2 Å². The molecule has 0 saturated heterocycles. The minimum atomic E-state index is -1.57. The number of halogens is 3. The number of carbonyl (C=O) groups excluding carboxylic acids is 2. The van der Waals surface area contributed by atoms with Gasteiger partial charge >= 0.3 is 0 Å². The lowest BCUT2D eigenvalue weighted by molar-refractivity contribution is -0.122. The summed E-state index contributed by atoms with van der Waals surface area (Å²) in [6.07, 6.45) is 6.12. The van der Waals surface area contributed by atoms with Crippen LogP contribution in [0, 0.1) is 11.8 Å². The fourth-order valence-corrected chi connectivity index (χ4v) is 2.74.